The number of urea groups is 1. The van der Waals surface area contributed by atoms with Crippen LogP contribution in [0.2, 0.25) is 0 Å². The van der Waals surface area contributed by atoms with Crippen molar-refractivity contribution in [3.8, 4) is 23.1 Å². The Morgan fingerprint density at radius 3 is 2.54 bits per heavy atom. The number of ether oxygens (including phenoxy) is 3. The molecule has 0 fully saturated rings. The number of phenolic OH excluding ortho intramolecular Hbond substituents is 1. The number of hydrogen-bond donors (Lipinski definition) is 2. The van der Waals surface area contributed by atoms with Gasteiger partial charge in [0, 0.05) is 36.6 Å². The quantitative estimate of drug-likeness (QED) is 0.291. The molecule has 11 nitrogen and oxygen atoms in total. The average Bonchev–Trinajstić information content (AvgIpc) is 3.56. The van der Waals surface area contributed by atoms with Crippen molar-refractivity contribution in [1.29, 1.82) is 0 Å². The number of methoxy groups -OCH3 is 1. The fraction of sp³-hybridized carbons (Fsp3) is 0.171. The summed E-state index contributed by atoms with van der Waals surface area (Å²) in [6.07, 6.45) is 7.42. The Kier molecular flexibility index (Phi) is 7.41. The monoisotopic (exact) mass is 617 g/mol. The summed E-state index contributed by atoms with van der Waals surface area (Å²) in [4.78, 5) is 36.0. The molecular formula is C35H31N5O6. The van der Waals surface area contributed by atoms with E-state index in [1.54, 1.807) is 60.9 Å². The molecule has 3 aromatic carbocycles. The molecule has 0 saturated heterocycles. The maximum atomic E-state index is 14.3. The number of nitrogens with one attached hydrogen (secondary N) is 1. The third kappa shape index (κ3) is 5.32. The van der Waals surface area contributed by atoms with Crippen LogP contribution in [0.25, 0.3) is 5.70 Å². The second-order valence-corrected chi connectivity index (χ2v) is 11.1. The predicted molar refractivity (Wildman–Crippen MR) is 171 cm³/mol. The maximum absolute atomic E-state index is 14.3. The van der Waals surface area contributed by atoms with Gasteiger partial charge in [0.2, 0.25) is 12.7 Å². The number of anilines is 2. The molecule has 0 spiro atoms. The number of pyridine rings is 1. The first-order chi connectivity index (χ1) is 22.4. The average molecular weight is 618 g/mol. The molecular weight excluding hydrogens is 586 g/mol. The molecule has 46 heavy (non-hydrogen) atoms. The number of hydrogen-bond acceptors (Lipinski definition) is 8. The van der Waals surface area contributed by atoms with Crippen LogP contribution in [0, 0.1) is 0 Å². The largest absolute Gasteiger partial charge is 0.508 e. The van der Waals surface area contributed by atoms with Gasteiger partial charge in [0.05, 0.1) is 29.7 Å². The molecule has 7 rings (SSSR count). The van der Waals surface area contributed by atoms with Gasteiger partial charge >= 0.3 is 6.03 Å². The third-order valence-electron chi connectivity index (χ3n) is 8.23. The lowest BCUT2D eigenvalue weighted by Gasteiger charge is -2.36. The van der Waals surface area contributed by atoms with Crippen molar-refractivity contribution in [3.05, 3.63) is 120 Å². The molecule has 4 aromatic rings. The number of aromatic nitrogens is 1. The van der Waals surface area contributed by atoms with E-state index in [4.69, 9.17) is 14.2 Å². The Morgan fingerprint density at radius 2 is 1.76 bits per heavy atom. The number of phenols is 1. The second kappa shape index (κ2) is 11.8. The van der Waals surface area contributed by atoms with Crippen molar-refractivity contribution in [2.45, 2.75) is 25.9 Å². The van der Waals surface area contributed by atoms with E-state index < -0.39 is 6.03 Å². The molecule has 0 bridgehead atoms. The number of rotatable bonds is 5. The molecule has 4 heterocycles. The second-order valence-electron chi connectivity index (χ2n) is 11.1. The molecule has 0 radical (unpaired) electrons. The number of hydrazine groups is 1. The van der Waals surface area contributed by atoms with Crippen LogP contribution in [0.1, 0.15) is 34.0 Å². The van der Waals surface area contributed by atoms with Crippen molar-refractivity contribution in [2.24, 2.45) is 0 Å². The Hall–Kier alpha value is -5.97. The standard InChI is InChI=1S/C35H31N5O6/c1-22-16-23-6-3-4-7-24(23)20-38(22)34(42)29-19-32-31(45-21-46-32)18-28(29)30-8-5-15-39(37-30)35(43)40(25-9-11-27(41)12-10-25)26-13-14-36-33(17-26)44-2/h3-15,17-19,22,37,41H,16,20-21H2,1-2H3/t22-/m1/s1. The summed E-state index contributed by atoms with van der Waals surface area (Å²) in [6.45, 7) is 2.58. The third-order valence-corrected chi connectivity index (χ3v) is 8.23. The Bertz CT molecular complexity index is 1890. The normalized spacial score (nSPS) is 16.3. The number of benzene rings is 3. The van der Waals surface area contributed by atoms with E-state index in [0.717, 1.165) is 12.0 Å². The number of carbonyl (C=O) groups excluding carboxylic acids is 2. The molecule has 3 aliphatic rings. The molecule has 0 aliphatic carbocycles. The lowest BCUT2D eigenvalue weighted by Crippen LogP contribution is -2.46. The van der Waals surface area contributed by atoms with E-state index in [9.17, 15) is 14.7 Å². The highest BCUT2D eigenvalue weighted by Gasteiger charge is 2.33. The van der Waals surface area contributed by atoms with Gasteiger partial charge in [-0.2, -0.15) is 0 Å². The van der Waals surface area contributed by atoms with Gasteiger partial charge in [-0.1, -0.05) is 24.3 Å². The van der Waals surface area contributed by atoms with Crippen LogP contribution in [-0.4, -0.2) is 51.9 Å². The lowest BCUT2D eigenvalue weighted by atomic mass is 9.93. The van der Waals surface area contributed by atoms with Gasteiger partial charge in [0.15, 0.2) is 11.5 Å². The predicted octanol–water partition coefficient (Wildman–Crippen LogP) is 5.74. The van der Waals surface area contributed by atoms with Gasteiger partial charge in [0.25, 0.3) is 5.91 Å². The van der Waals surface area contributed by atoms with Crippen molar-refractivity contribution in [1.82, 2.24) is 20.3 Å². The first-order valence-corrected chi connectivity index (χ1v) is 14.8. The molecule has 3 amide bonds. The van der Waals surface area contributed by atoms with Crippen LogP contribution in [-0.2, 0) is 13.0 Å². The minimum Gasteiger partial charge on any atom is -0.508 e. The molecule has 1 atom stereocenters. The van der Waals surface area contributed by atoms with Gasteiger partial charge < -0.3 is 24.2 Å². The van der Waals surface area contributed by atoms with Crippen LogP contribution in [0.5, 0.6) is 23.1 Å². The summed E-state index contributed by atoms with van der Waals surface area (Å²) in [5, 5.41) is 11.2. The Labute approximate surface area is 265 Å². The summed E-state index contributed by atoms with van der Waals surface area (Å²) in [5.74, 6) is 1.24. The van der Waals surface area contributed by atoms with Crippen molar-refractivity contribution < 1.29 is 28.9 Å². The van der Waals surface area contributed by atoms with E-state index in [-0.39, 0.29) is 24.5 Å². The summed E-state index contributed by atoms with van der Waals surface area (Å²) in [7, 11) is 1.50. The molecule has 3 aliphatic heterocycles. The maximum Gasteiger partial charge on any atom is 0.351 e. The van der Waals surface area contributed by atoms with E-state index >= 15 is 0 Å². The van der Waals surface area contributed by atoms with Crippen molar-refractivity contribution >= 4 is 29.0 Å². The molecule has 11 heteroatoms. The summed E-state index contributed by atoms with van der Waals surface area (Å²) in [5.41, 5.74) is 8.05. The van der Waals surface area contributed by atoms with Gasteiger partial charge in [-0.3, -0.25) is 15.1 Å². The smallest absolute Gasteiger partial charge is 0.351 e. The zero-order valence-electron chi connectivity index (χ0n) is 25.2. The van der Waals surface area contributed by atoms with Gasteiger partial charge in [0.1, 0.15) is 5.75 Å². The minimum absolute atomic E-state index is 0.0249. The Morgan fingerprint density at radius 1 is 1.00 bits per heavy atom. The van der Waals surface area contributed by atoms with Gasteiger partial charge in [-0.15, -0.1) is 0 Å². The van der Waals surface area contributed by atoms with Gasteiger partial charge in [-0.25, -0.2) is 14.8 Å². The van der Waals surface area contributed by atoms with E-state index in [0.29, 0.717) is 52.1 Å². The van der Waals surface area contributed by atoms with Crippen LogP contribution in [0.4, 0.5) is 16.2 Å². The van der Waals surface area contributed by atoms with Crippen molar-refractivity contribution in [3.63, 3.8) is 0 Å². The van der Waals surface area contributed by atoms with Crippen LogP contribution < -0.4 is 24.5 Å². The zero-order chi connectivity index (χ0) is 31.8. The van der Waals surface area contributed by atoms with Crippen molar-refractivity contribution in [2.75, 3.05) is 18.8 Å². The van der Waals surface area contributed by atoms with Gasteiger partial charge in [-0.05, 0) is 79.1 Å². The summed E-state index contributed by atoms with van der Waals surface area (Å²) >= 11 is 0. The number of carbonyl (C=O) groups is 2. The fourth-order valence-electron chi connectivity index (χ4n) is 5.87. The molecule has 232 valence electrons. The van der Waals surface area contributed by atoms with Crippen LogP contribution in [0.3, 0.4) is 0 Å². The molecule has 1 aromatic heterocycles. The number of nitrogens with zero attached hydrogens (tertiary/aromatic N) is 4. The number of aromatic hydroxyl groups is 1. The van der Waals surface area contributed by atoms with Crippen LogP contribution >= 0.6 is 0 Å². The number of allylic oxidation sites excluding steroid dienone is 2. The Balaban J connectivity index is 1.23. The molecule has 2 N–H and O–H groups in total. The fourth-order valence-corrected chi connectivity index (χ4v) is 5.87. The summed E-state index contributed by atoms with van der Waals surface area (Å²) < 4.78 is 16.7. The first-order valence-electron chi connectivity index (χ1n) is 14.8. The highest BCUT2D eigenvalue weighted by Crippen LogP contribution is 2.39. The molecule has 0 saturated carbocycles. The number of amides is 3. The lowest BCUT2D eigenvalue weighted by molar-refractivity contribution is 0.0657. The summed E-state index contributed by atoms with van der Waals surface area (Å²) in [6, 6.07) is 20.8. The SMILES string of the molecule is COc1cc(N(C(=O)N2C=CC=C(c3cc4c(cc3C(=O)N3Cc5ccccc5C[C@H]3C)OCO4)N2)c2ccc(O)cc2)ccn1. The zero-order valence-corrected chi connectivity index (χ0v) is 25.2. The van der Waals surface area contributed by atoms with E-state index in [1.165, 1.54) is 34.7 Å². The first kappa shape index (κ1) is 28.8. The van der Waals surface area contributed by atoms with E-state index in [2.05, 4.69) is 22.5 Å². The number of fused-ring (bicyclic) bond motifs is 2. The highest BCUT2D eigenvalue weighted by molar-refractivity contribution is 6.02. The topological polar surface area (TPSA) is 117 Å². The molecule has 0 unspecified atom stereocenters. The highest BCUT2D eigenvalue weighted by atomic mass is 16.7. The van der Waals surface area contributed by atoms with E-state index in [1.807, 2.05) is 24.0 Å². The van der Waals surface area contributed by atoms with Crippen LogP contribution in [0.15, 0.2) is 97.3 Å². The minimum atomic E-state index is -0.462.